The number of ketones is 1. The minimum atomic E-state index is -1.11. The summed E-state index contributed by atoms with van der Waals surface area (Å²) in [6, 6.07) is 0. The van der Waals surface area contributed by atoms with Gasteiger partial charge in [0.1, 0.15) is 17.1 Å². The Kier molecular flexibility index (Phi) is 6.07. The molecule has 5 nitrogen and oxygen atoms in total. The molecule has 1 aliphatic carbocycles. The summed E-state index contributed by atoms with van der Waals surface area (Å²) in [5, 5.41) is 10.3. The Morgan fingerprint density at radius 1 is 1.06 bits per heavy atom. The first-order valence-corrected chi connectivity index (χ1v) is 10.9. The fraction of sp³-hybridized carbons (Fsp3) is 0.538. The molecule has 2 heterocycles. The highest BCUT2D eigenvalue weighted by atomic mass is 16.6. The summed E-state index contributed by atoms with van der Waals surface area (Å²) in [5.74, 6) is -0.724. The number of rotatable bonds is 5. The molecule has 0 aromatic rings. The molecule has 7 atom stereocenters. The lowest BCUT2D eigenvalue weighted by atomic mass is 9.68. The van der Waals surface area contributed by atoms with E-state index in [4.69, 9.17) is 9.47 Å². The third kappa shape index (κ3) is 3.68. The van der Waals surface area contributed by atoms with Crippen LogP contribution in [0.1, 0.15) is 48.5 Å². The third-order valence-electron chi connectivity index (χ3n) is 7.43. The van der Waals surface area contributed by atoms with Gasteiger partial charge in [-0.15, -0.1) is 0 Å². The molecule has 0 radical (unpaired) electrons. The van der Waals surface area contributed by atoms with E-state index in [9.17, 15) is 14.7 Å². The highest BCUT2D eigenvalue weighted by Gasteiger charge is 2.73. The lowest BCUT2D eigenvalue weighted by molar-refractivity contribution is -0.161. The lowest BCUT2D eigenvalue weighted by Gasteiger charge is -2.37. The van der Waals surface area contributed by atoms with Crippen LogP contribution in [0.2, 0.25) is 0 Å². The first-order valence-electron chi connectivity index (χ1n) is 10.9. The van der Waals surface area contributed by atoms with Crippen LogP contribution >= 0.6 is 0 Å². The van der Waals surface area contributed by atoms with Crippen LogP contribution < -0.4 is 0 Å². The van der Waals surface area contributed by atoms with Gasteiger partial charge in [0.15, 0.2) is 5.78 Å². The molecule has 3 aliphatic rings. The van der Waals surface area contributed by atoms with Gasteiger partial charge in [0.25, 0.3) is 0 Å². The van der Waals surface area contributed by atoms with Crippen LogP contribution in [0.15, 0.2) is 59.8 Å². The van der Waals surface area contributed by atoms with Gasteiger partial charge in [-0.2, -0.15) is 0 Å². The van der Waals surface area contributed by atoms with Crippen molar-refractivity contribution in [2.45, 2.75) is 72.4 Å². The van der Waals surface area contributed by atoms with Crippen molar-refractivity contribution in [1.82, 2.24) is 0 Å². The molecular formula is C26H34O5. The molecule has 0 amide bonds. The lowest BCUT2D eigenvalue weighted by Crippen LogP contribution is -2.44. The Bertz CT molecular complexity index is 918. The fourth-order valence-electron chi connectivity index (χ4n) is 5.01. The molecular weight excluding hydrogens is 392 g/mol. The molecule has 5 heteroatoms. The smallest absolute Gasteiger partial charge is 0.320 e. The van der Waals surface area contributed by atoms with E-state index in [0.717, 1.165) is 11.1 Å². The van der Waals surface area contributed by atoms with E-state index in [2.05, 4.69) is 0 Å². The second kappa shape index (κ2) is 8.03. The van der Waals surface area contributed by atoms with Crippen LogP contribution in [0.5, 0.6) is 0 Å². The van der Waals surface area contributed by atoms with Crippen LogP contribution in [0.25, 0.3) is 0 Å². The first-order chi connectivity index (χ1) is 14.4. The third-order valence-corrected chi connectivity index (χ3v) is 7.43. The van der Waals surface area contributed by atoms with Gasteiger partial charge in [0, 0.05) is 5.41 Å². The van der Waals surface area contributed by atoms with Crippen molar-refractivity contribution < 1.29 is 24.2 Å². The number of carbonyl (C=O) groups excluding carboxylic acids is 2. The summed E-state index contributed by atoms with van der Waals surface area (Å²) in [7, 11) is 0. The predicted molar refractivity (Wildman–Crippen MR) is 120 cm³/mol. The van der Waals surface area contributed by atoms with Crippen LogP contribution in [0.4, 0.5) is 0 Å². The molecule has 0 aromatic heterocycles. The van der Waals surface area contributed by atoms with Crippen LogP contribution in [0, 0.1) is 16.7 Å². The summed E-state index contributed by atoms with van der Waals surface area (Å²) in [6.07, 6.45) is 14.5. The first kappa shape index (κ1) is 23.4. The topological polar surface area (TPSA) is 72.8 Å². The van der Waals surface area contributed by atoms with Crippen LogP contribution in [0.3, 0.4) is 0 Å². The van der Waals surface area contributed by atoms with Gasteiger partial charge >= 0.3 is 5.97 Å². The quantitative estimate of drug-likeness (QED) is 0.308. The Balaban J connectivity index is 1.64. The van der Waals surface area contributed by atoms with E-state index in [1.165, 1.54) is 0 Å². The van der Waals surface area contributed by atoms with Crippen molar-refractivity contribution >= 4 is 11.8 Å². The number of aliphatic hydroxyl groups is 1. The minimum Gasteiger partial charge on any atom is -0.460 e. The van der Waals surface area contributed by atoms with E-state index in [0.29, 0.717) is 0 Å². The van der Waals surface area contributed by atoms with Crippen molar-refractivity contribution in [3.63, 3.8) is 0 Å². The predicted octanol–water partition coefficient (Wildman–Crippen LogP) is 4.24. The maximum Gasteiger partial charge on any atom is 0.320 e. The molecule has 2 bridgehead atoms. The van der Waals surface area contributed by atoms with Gasteiger partial charge in [-0.25, -0.2) is 0 Å². The Morgan fingerprint density at radius 2 is 1.68 bits per heavy atom. The van der Waals surface area contributed by atoms with Crippen LogP contribution in [-0.4, -0.2) is 40.8 Å². The highest BCUT2D eigenvalue weighted by Crippen LogP contribution is 2.60. The molecule has 2 fully saturated rings. The molecule has 31 heavy (non-hydrogen) atoms. The largest absolute Gasteiger partial charge is 0.460 e. The molecule has 0 spiro atoms. The molecule has 0 aromatic carbocycles. The molecule has 1 N–H and O–H groups in total. The van der Waals surface area contributed by atoms with Gasteiger partial charge in [0.2, 0.25) is 0 Å². The number of ether oxygens (including phenoxy) is 2. The summed E-state index contributed by atoms with van der Waals surface area (Å²) in [5.41, 5.74) is -0.633. The Morgan fingerprint density at radius 3 is 2.32 bits per heavy atom. The molecule has 2 aliphatic heterocycles. The summed E-state index contributed by atoms with van der Waals surface area (Å²) in [6.45, 7) is 13.1. The van der Waals surface area contributed by atoms with E-state index in [1.807, 2.05) is 83.2 Å². The van der Waals surface area contributed by atoms with Crippen molar-refractivity contribution in [3.8, 4) is 0 Å². The second-order valence-electron chi connectivity index (χ2n) is 9.70. The zero-order chi connectivity index (χ0) is 23.2. The van der Waals surface area contributed by atoms with E-state index in [1.54, 1.807) is 13.8 Å². The number of hydrogen-bond acceptors (Lipinski definition) is 5. The Hall–Kier alpha value is -2.24. The van der Waals surface area contributed by atoms with Crippen LogP contribution in [-0.2, 0) is 19.1 Å². The number of hydrogen-bond donors (Lipinski definition) is 1. The highest BCUT2D eigenvalue weighted by molar-refractivity contribution is 6.10. The summed E-state index contributed by atoms with van der Waals surface area (Å²) in [4.78, 5) is 24.8. The average molecular weight is 427 g/mol. The van der Waals surface area contributed by atoms with E-state index in [-0.39, 0.29) is 23.9 Å². The van der Waals surface area contributed by atoms with Gasteiger partial charge in [-0.1, -0.05) is 56.4 Å². The number of esters is 1. The number of carbonyl (C=O) groups is 2. The molecule has 3 unspecified atom stereocenters. The van der Waals surface area contributed by atoms with E-state index >= 15 is 0 Å². The maximum atomic E-state index is 12.6. The zero-order valence-electron chi connectivity index (χ0n) is 19.5. The SMILES string of the molecule is CC1=C[C@](C)(O)[C@H](C)O[C@H]1/C(C)=C/C=C/C=C/C=C/[C@@]1(C)C2OC(=O)C1(C)C(=O)C2C. The molecule has 1 saturated carbocycles. The zero-order valence-corrected chi connectivity index (χ0v) is 19.5. The van der Waals surface area contributed by atoms with Gasteiger partial charge in [0.05, 0.1) is 18.1 Å². The van der Waals surface area contributed by atoms with Gasteiger partial charge in [-0.3, -0.25) is 9.59 Å². The minimum absolute atomic E-state index is 0.0320. The van der Waals surface area contributed by atoms with Gasteiger partial charge < -0.3 is 14.6 Å². The average Bonchev–Trinajstić information content (AvgIpc) is 2.97. The fourth-order valence-corrected chi connectivity index (χ4v) is 5.01. The summed E-state index contributed by atoms with van der Waals surface area (Å²) >= 11 is 0. The number of Topliss-reactive ketones (excluding diaryl/α,β-unsaturated/α-hetero) is 1. The second-order valence-corrected chi connectivity index (χ2v) is 9.70. The van der Waals surface area contributed by atoms with Crippen molar-refractivity contribution in [2.24, 2.45) is 16.7 Å². The molecule has 1 saturated heterocycles. The number of fused-ring (bicyclic) bond motifs is 2. The normalized spacial score (nSPS) is 43.5. The number of allylic oxidation sites excluding steroid dienone is 6. The van der Waals surface area contributed by atoms with Gasteiger partial charge in [-0.05, 0) is 51.8 Å². The standard InChI is InChI=1S/C26H34O5/c1-16(20-17(2)15-25(6,29)19(4)30-20)13-11-9-8-10-12-14-24(5)22-18(3)21(27)26(24,7)23(28)31-22/h8-15,18-20,22,29H,1-7H3/b10-8+,11-9+,14-12+,16-13+/t18?,19-,20-,22?,24-,25-,26?/m0/s1. The monoisotopic (exact) mass is 426 g/mol. The maximum absolute atomic E-state index is 12.6. The molecule has 3 rings (SSSR count). The van der Waals surface area contributed by atoms with E-state index < -0.39 is 28.5 Å². The van der Waals surface area contributed by atoms with Crippen molar-refractivity contribution in [2.75, 3.05) is 0 Å². The van der Waals surface area contributed by atoms with Crippen molar-refractivity contribution in [3.05, 3.63) is 59.8 Å². The van der Waals surface area contributed by atoms with Crippen molar-refractivity contribution in [1.29, 1.82) is 0 Å². The molecule has 168 valence electrons. The Labute approximate surface area is 185 Å². The summed E-state index contributed by atoms with van der Waals surface area (Å²) < 4.78 is 11.5.